The summed E-state index contributed by atoms with van der Waals surface area (Å²) in [5.41, 5.74) is 0.728. The molecule has 0 spiro atoms. The Morgan fingerprint density at radius 3 is 2.31 bits per heavy atom. The molecule has 9 heteroatoms. The smallest absolute Gasteiger partial charge is 0.309 e. The number of aromatic amines is 1. The first-order valence-electron chi connectivity index (χ1n) is 23.2. The number of amides is 1. The predicted octanol–water partition coefficient (Wildman–Crippen LogP) is 10.9. The van der Waals surface area contributed by atoms with Crippen LogP contribution in [-0.2, 0) is 19.1 Å². The van der Waals surface area contributed by atoms with Crippen molar-refractivity contribution < 1.29 is 29.0 Å². The van der Waals surface area contributed by atoms with Crippen LogP contribution in [0.25, 0.3) is 11.3 Å². The summed E-state index contributed by atoms with van der Waals surface area (Å²) in [4.78, 5) is 51.4. The number of benzene rings is 1. The van der Waals surface area contributed by atoms with Gasteiger partial charge in [0.2, 0.25) is 5.91 Å². The molecule has 1 aromatic heterocycles. The third kappa shape index (κ3) is 6.41. The SMILES string of the molecule is COc1ccc(-c2cnc(C3CCCN3C(=O)C34CCC(C(C)C)C3C3CCC5C6(C)CCC(OC(=O)CC(C)(C)C(=O)O)C(C)(C)C6CCC5(C)C3(C)CC4)[nH]2)cc1. The Balaban J connectivity index is 1.05. The average Bonchev–Trinajstić information content (AvgIpc) is 3.95. The van der Waals surface area contributed by atoms with Crippen molar-refractivity contribution in [3.8, 4) is 17.0 Å². The zero-order valence-electron chi connectivity index (χ0n) is 37.8. The third-order valence-corrected chi connectivity index (χ3v) is 19.0. The average molecular weight is 812 g/mol. The van der Waals surface area contributed by atoms with E-state index in [0.717, 1.165) is 93.6 Å². The number of nitrogens with one attached hydrogen (secondary N) is 1. The minimum atomic E-state index is -1.15. The second kappa shape index (κ2) is 14.6. The van der Waals surface area contributed by atoms with E-state index >= 15 is 4.79 Å². The van der Waals surface area contributed by atoms with Crippen LogP contribution in [0.2, 0.25) is 0 Å². The highest BCUT2D eigenvalue weighted by molar-refractivity contribution is 5.85. The van der Waals surface area contributed by atoms with Gasteiger partial charge < -0.3 is 24.5 Å². The van der Waals surface area contributed by atoms with E-state index in [2.05, 4.69) is 70.5 Å². The highest BCUT2D eigenvalue weighted by atomic mass is 16.5. The molecule has 0 radical (unpaired) electrons. The number of carbonyl (C=O) groups is 3. The van der Waals surface area contributed by atoms with Crippen molar-refractivity contribution in [3.63, 3.8) is 0 Å². The number of carbonyl (C=O) groups excluding carboxylic acids is 2. The largest absolute Gasteiger partial charge is 0.497 e. The Morgan fingerprint density at radius 1 is 0.898 bits per heavy atom. The van der Waals surface area contributed by atoms with Crippen LogP contribution in [0.1, 0.15) is 158 Å². The first-order valence-corrected chi connectivity index (χ1v) is 23.2. The molecule has 5 aliphatic carbocycles. The molecule has 2 aromatic rings. The number of carboxylic acids is 1. The number of fused-ring (bicyclic) bond motifs is 7. The summed E-state index contributed by atoms with van der Waals surface area (Å²) in [5, 5.41) is 9.67. The fraction of sp³-hybridized carbons (Fsp3) is 0.760. The lowest BCUT2D eigenvalue weighted by Gasteiger charge is -2.73. The van der Waals surface area contributed by atoms with Crippen molar-refractivity contribution in [2.24, 2.45) is 68.0 Å². The van der Waals surface area contributed by atoms with Crippen molar-refractivity contribution >= 4 is 17.8 Å². The number of carboxylic acid groups (broad SMARTS) is 1. The summed E-state index contributed by atoms with van der Waals surface area (Å²) in [6.07, 6.45) is 14.2. The number of rotatable bonds is 9. The number of nitrogens with zero attached hydrogens (tertiary/aromatic N) is 2. The van der Waals surface area contributed by atoms with Crippen molar-refractivity contribution in [3.05, 3.63) is 36.3 Å². The summed E-state index contributed by atoms with van der Waals surface area (Å²) >= 11 is 0. The summed E-state index contributed by atoms with van der Waals surface area (Å²) in [5.74, 6) is 3.68. The van der Waals surface area contributed by atoms with E-state index in [4.69, 9.17) is 14.5 Å². The Hall–Kier alpha value is -3.36. The van der Waals surface area contributed by atoms with Gasteiger partial charge in [-0.15, -0.1) is 0 Å². The maximum Gasteiger partial charge on any atom is 0.309 e. The van der Waals surface area contributed by atoms with Crippen molar-refractivity contribution in [1.29, 1.82) is 0 Å². The molecule has 2 N–H and O–H groups in total. The lowest BCUT2D eigenvalue weighted by atomic mass is 9.32. The van der Waals surface area contributed by atoms with Gasteiger partial charge in [0.05, 0.1) is 42.3 Å². The highest BCUT2D eigenvalue weighted by Gasteiger charge is 2.72. The molecule has 0 bridgehead atoms. The van der Waals surface area contributed by atoms with Gasteiger partial charge in [-0.25, -0.2) is 4.98 Å². The van der Waals surface area contributed by atoms with E-state index in [0.29, 0.717) is 41.4 Å². The lowest BCUT2D eigenvalue weighted by molar-refractivity contribution is -0.251. The number of aliphatic carboxylic acids is 1. The van der Waals surface area contributed by atoms with E-state index < -0.39 is 17.4 Å². The molecule has 8 rings (SSSR count). The molecule has 6 aliphatic rings. The first kappa shape index (κ1) is 42.3. The van der Waals surface area contributed by atoms with Crippen LogP contribution in [0, 0.1) is 68.0 Å². The van der Waals surface area contributed by atoms with Crippen LogP contribution in [0.15, 0.2) is 30.5 Å². The van der Waals surface area contributed by atoms with Gasteiger partial charge in [-0.1, -0.05) is 48.5 Å². The van der Waals surface area contributed by atoms with E-state index in [1.54, 1.807) is 21.0 Å². The number of H-pyrrole nitrogens is 1. The van der Waals surface area contributed by atoms with E-state index in [1.807, 2.05) is 18.3 Å². The maximum atomic E-state index is 15.6. The molecule has 2 heterocycles. The monoisotopic (exact) mass is 812 g/mol. The molecule has 9 nitrogen and oxygen atoms in total. The van der Waals surface area contributed by atoms with Gasteiger partial charge in [-0.2, -0.15) is 0 Å². The maximum absolute atomic E-state index is 15.6. The molecule has 324 valence electrons. The van der Waals surface area contributed by atoms with Gasteiger partial charge in [0.15, 0.2) is 0 Å². The zero-order chi connectivity index (χ0) is 42.5. The van der Waals surface area contributed by atoms with Gasteiger partial charge in [0, 0.05) is 12.0 Å². The molecule has 6 fully saturated rings. The first-order chi connectivity index (χ1) is 27.7. The summed E-state index contributed by atoms with van der Waals surface area (Å²) in [6, 6.07) is 8.03. The summed E-state index contributed by atoms with van der Waals surface area (Å²) < 4.78 is 11.6. The van der Waals surface area contributed by atoms with Crippen LogP contribution in [-0.4, -0.2) is 57.6 Å². The van der Waals surface area contributed by atoms with Crippen LogP contribution < -0.4 is 4.74 Å². The molecular formula is C50H73N3O6. The fourth-order valence-electron chi connectivity index (χ4n) is 15.6. The van der Waals surface area contributed by atoms with Gasteiger partial charge >= 0.3 is 11.9 Å². The number of esters is 1. The Bertz CT molecular complexity index is 1940. The quantitative estimate of drug-likeness (QED) is 0.242. The van der Waals surface area contributed by atoms with E-state index in [1.165, 1.54) is 12.8 Å². The fourth-order valence-corrected chi connectivity index (χ4v) is 15.6. The second-order valence-electron chi connectivity index (χ2n) is 22.6. The third-order valence-electron chi connectivity index (χ3n) is 19.0. The highest BCUT2D eigenvalue weighted by Crippen LogP contribution is 2.78. The Labute approximate surface area is 353 Å². The minimum Gasteiger partial charge on any atom is -0.497 e. The van der Waals surface area contributed by atoms with Crippen LogP contribution in [0.5, 0.6) is 5.75 Å². The van der Waals surface area contributed by atoms with Gasteiger partial charge in [-0.3, -0.25) is 14.4 Å². The van der Waals surface area contributed by atoms with E-state index in [-0.39, 0.29) is 45.6 Å². The van der Waals surface area contributed by atoms with Gasteiger partial charge in [0.25, 0.3) is 0 Å². The number of likely N-dealkylation sites (tertiary alicyclic amines) is 1. The van der Waals surface area contributed by atoms with Crippen molar-refractivity contribution in [2.75, 3.05) is 13.7 Å². The van der Waals surface area contributed by atoms with Crippen LogP contribution in [0.3, 0.4) is 0 Å². The molecule has 11 unspecified atom stereocenters. The number of aromatic nitrogens is 2. The zero-order valence-corrected chi connectivity index (χ0v) is 37.8. The Kier molecular flexibility index (Phi) is 10.5. The number of hydrogen-bond acceptors (Lipinski definition) is 6. The van der Waals surface area contributed by atoms with Crippen molar-refractivity contribution in [1.82, 2.24) is 14.9 Å². The van der Waals surface area contributed by atoms with E-state index in [9.17, 15) is 14.7 Å². The number of ether oxygens (including phenoxy) is 2. The molecule has 1 saturated heterocycles. The minimum absolute atomic E-state index is 0.0270. The standard InChI is InChI=1S/C50H73N3O6/c1-30(2)33-19-24-50(43(55)53-27-11-12-36(53)42-51-29-35(52-42)31-13-15-32(58-10)16-14-31)26-25-48(8)34(41(33)50)17-18-38-47(7)22-21-39(59-40(54)28-45(3,4)44(56)57)46(5,6)37(47)20-23-49(38,48)9/h13-16,29-30,33-34,36-39,41H,11-12,17-28H2,1-10H3,(H,51,52)(H,56,57). The molecular weight excluding hydrogens is 739 g/mol. The molecule has 59 heavy (non-hydrogen) atoms. The molecule has 1 aliphatic heterocycles. The molecule has 1 amide bonds. The van der Waals surface area contributed by atoms with Gasteiger partial charge in [-0.05, 0) is 172 Å². The summed E-state index contributed by atoms with van der Waals surface area (Å²) in [6.45, 7) is 21.3. The lowest BCUT2D eigenvalue weighted by Crippen LogP contribution is -2.67. The number of hydrogen-bond donors (Lipinski definition) is 2. The number of methoxy groups -OCH3 is 1. The molecule has 1 aromatic carbocycles. The molecule has 5 saturated carbocycles. The predicted molar refractivity (Wildman–Crippen MR) is 229 cm³/mol. The van der Waals surface area contributed by atoms with Crippen molar-refractivity contribution in [2.45, 2.75) is 158 Å². The Morgan fingerprint density at radius 2 is 1.63 bits per heavy atom. The number of imidazole rings is 1. The van der Waals surface area contributed by atoms with Gasteiger partial charge in [0.1, 0.15) is 17.7 Å². The topological polar surface area (TPSA) is 122 Å². The molecule has 11 atom stereocenters. The normalized spacial score (nSPS) is 38.8. The van der Waals surface area contributed by atoms with Crippen LogP contribution >= 0.6 is 0 Å². The van der Waals surface area contributed by atoms with Crippen LogP contribution in [0.4, 0.5) is 0 Å². The second-order valence-corrected chi connectivity index (χ2v) is 22.6. The summed E-state index contributed by atoms with van der Waals surface area (Å²) in [7, 11) is 1.68.